The molecular formula is C11H22N2O4. The van der Waals surface area contributed by atoms with Gasteiger partial charge in [-0.3, -0.25) is 14.5 Å². The minimum atomic E-state index is -0.491. The molecule has 0 aromatic rings. The average Bonchev–Trinajstić information content (AvgIpc) is 2.16. The highest BCUT2D eigenvalue weighted by atomic mass is 16.5. The van der Waals surface area contributed by atoms with E-state index in [1.54, 1.807) is 11.9 Å². The van der Waals surface area contributed by atoms with E-state index in [9.17, 15) is 9.59 Å². The van der Waals surface area contributed by atoms with Gasteiger partial charge in [-0.25, -0.2) is 0 Å². The predicted octanol–water partition coefficient (Wildman–Crippen LogP) is -1.03. The molecule has 0 saturated heterocycles. The summed E-state index contributed by atoms with van der Waals surface area (Å²) in [7, 11) is 5.47. The molecule has 0 aromatic heterocycles. The number of hydrogen-bond acceptors (Lipinski definition) is 6. The summed E-state index contributed by atoms with van der Waals surface area (Å²) in [6, 6.07) is 0. The van der Waals surface area contributed by atoms with Crippen molar-refractivity contribution in [3.63, 3.8) is 0 Å². The molecule has 0 aliphatic heterocycles. The summed E-state index contributed by atoms with van der Waals surface area (Å²) in [6.45, 7) is 1.51. The van der Waals surface area contributed by atoms with Crippen molar-refractivity contribution < 1.29 is 19.4 Å². The van der Waals surface area contributed by atoms with Crippen molar-refractivity contribution in [2.75, 3.05) is 54.0 Å². The molecule has 0 aliphatic rings. The molecule has 0 aromatic carbocycles. The molecular weight excluding hydrogens is 224 g/mol. The summed E-state index contributed by atoms with van der Waals surface area (Å²) in [5.74, 6) is -0.690. The van der Waals surface area contributed by atoms with Crippen molar-refractivity contribution in [2.24, 2.45) is 0 Å². The fourth-order valence-electron chi connectivity index (χ4n) is 1.16. The fraction of sp³-hybridized carbons (Fsp3) is 0.818. The molecule has 0 rings (SSSR count). The van der Waals surface area contributed by atoms with Gasteiger partial charge in [0.25, 0.3) is 0 Å². The molecule has 1 N–H and O–H groups in total. The van der Waals surface area contributed by atoms with Crippen LogP contribution in [0.1, 0.15) is 6.42 Å². The first-order chi connectivity index (χ1) is 7.95. The number of aliphatic hydroxyl groups excluding tert-OH is 1. The summed E-state index contributed by atoms with van der Waals surface area (Å²) in [6.07, 6.45) is -0.205. The van der Waals surface area contributed by atoms with Gasteiger partial charge < -0.3 is 14.7 Å². The standard InChI is InChI=1S/C11H22N2O4/c1-12(2)5-7-17-11(16)8-10(15)9-13(3)4-6-14/h14H,4-9H2,1-3H3. The predicted molar refractivity (Wildman–Crippen MR) is 63.7 cm³/mol. The Bertz CT molecular complexity index is 244. The Balaban J connectivity index is 3.69. The van der Waals surface area contributed by atoms with Gasteiger partial charge >= 0.3 is 5.97 Å². The number of hydrogen-bond donors (Lipinski definition) is 1. The first-order valence-electron chi connectivity index (χ1n) is 5.57. The maximum Gasteiger partial charge on any atom is 0.313 e. The molecule has 0 heterocycles. The molecule has 0 bridgehead atoms. The van der Waals surface area contributed by atoms with Gasteiger partial charge in [-0.15, -0.1) is 0 Å². The van der Waals surface area contributed by atoms with Crippen LogP contribution in [0.4, 0.5) is 0 Å². The number of carbonyl (C=O) groups is 2. The lowest BCUT2D eigenvalue weighted by Crippen LogP contribution is -2.30. The second kappa shape index (κ2) is 9.09. The number of Topliss-reactive ketones (excluding diaryl/α,β-unsaturated/α-hetero) is 1. The minimum Gasteiger partial charge on any atom is -0.464 e. The number of ether oxygens (including phenoxy) is 1. The van der Waals surface area contributed by atoms with E-state index in [0.717, 1.165) is 0 Å². The van der Waals surface area contributed by atoms with Gasteiger partial charge in [-0.2, -0.15) is 0 Å². The van der Waals surface area contributed by atoms with Crippen LogP contribution in [0.3, 0.4) is 0 Å². The molecule has 6 nitrogen and oxygen atoms in total. The first kappa shape index (κ1) is 16.0. The summed E-state index contributed by atoms with van der Waals surface area (Å²) < 4.78 is 4.90. The monoisotopic (exact) mass is 246 g/mol. The summed E-state index contributed by atoms with van der Waals surface area (Å²) in [5, 5.41) is 8.65. The highest BCUT2D eigenvalue weighted by molar-refractivity contribution is 5.96. The maximum absolute atomic E-state index is 11.4. The number of rotatable bonds is 9. The van der Waals surface area contributed by atoms with Crippen LogP contribution in [-0.2, 0) is 14.3 Å². The summed E-state index contributed by atoms with van der Waals surface area (Å²) in [5.41, 5.74) is 0. The first-order valence-corrected chi connectivity index (χ1v) is 5.57. The van der Waals surface area contributed by atoms with Crippen molar-refractivity contribution in [1.82, 2.24) is 9.80 Å². The Hall–Kier alpha value is -0.980. The van der Waals surface area contributed by atoms with Crippen molar-refractivity contribution in [2.45, 2.75) is 6.42 Å². The molecule has 0 spiro atoms. The van der Waals surface area contributed by atoms with Crippen LogP contribution in [0.5, 0.6) is 0 Å². The van der Waals surface area contributed by atoms with Crippen LogP contribution in [0, 0.1) is 0 Å². The summed E-state index contributed by atoms with van der Waals surface area (Å²) in [4.78, 5) is 26.2. The number of esters is 1. The Labute approximate surface area is 102 Å². The average molecular weight is 246 g/mol. The van der Waals surface area contributed by atoms with Gasteiger partial charge in [0.05, 0.1) is 13.2 Å². The minimum absolute atomic E-state index is 0.00292. The Morgan fingerprint density at radius 2 is 1.82 bits per heavy atom. The normalized spacial score (nSPS) is 10.9. The molecule has 0 amide bonds. The van der Waals surface area contributed by atoms with Crippen LogP contribution < -0.4 is 0 Å². The zero-order valence-electron chi connectivity index (χ0n) is 10.8. The quantitative estimate of drug-likeness (QED) is 0.414. The molecule has 0 saturated carbocycles. The van der Waals surface area contributed by atoms with E-state index in [4.69, 9.17) is 9.84 Å². The highest BCUT2D eigenvalue weighted by Crippen LogP contribution is 1.92. The van der Waals surface area contributed by atoms with Gasteiger partial charge in [-0.1, -0.05) is 0 Å². The topological polar surface area (TPSA) is 70.1 Å². The second-order valence-electron chi connectivity index (χ2n) is 4.20. The fourth-order valence-corrected chi connectivity index (χ4v) is 1.16. The zero-order valence-corrected chi connectivity index (χ0v) is 10.8. The van der Waals surface area contributed by atoms with Crippen molar-refractivity contribution in [1.29, 1.82) is 0 Å². The molecule has 100 valence electrons. The Kier molecular flexibility index (Phi) is 8.57. The van der Waals surface area contributed by atoms with Crippen LogP contribution >= 0.6 is 0 Å². The van der Waals surface area contributed by atoms with Crippen LogP contribution in [0.15, 0.2) is 0 Å². The number of likely N-dealkylation sites (N-methyl/N-ethyl adjacent to an activating group) is 2. The van der Waals surface area contributed by atoms with Crippen LogP contribution in [-0.4, -0.2) is 80.6 Å². The Morgan fingerprint density at radius 1 is 1.18 bits per heavy atom. The molecule has 0 aliphatic carbocycles. The van der Waals surface area contributed by atoms with Crippen molar-refractivity contribution in [3.05, 3.63) is 0 Å². The number of carbonyl (C=O) groups excluding carboxylic acids is 2. The van der Waals surface area contributed by atoms with E-state index in [2.05, 4.69) is 0 Å². The number of ketones is 1. The van der Waals surface area contributed by atoms with E-state index in [1.807, 2.05) is 19.0 Å². The third-order valence-corrected chi connectivity index (χ3v) is 2.07. The lowest BCUT2D eigenvalue weighted by atomic mass is 10.2. The SMILES string of the molecule is CN(C)CCOC(=O)CC(=O)CN(C)CCO. The lowest BCUT2D eigenvalue weighted by Gasteiger charge is -2.13. The van der Waals surface area contributed by atoms with E-state index in [1.165, 1.54) is 0 Å². The largest absolute Gasteiger partial charge is 0.464 e. The molecule has 0 atom stereocenters. The van der Waals surface area contributed by atoms with Gasteiger partial charge in [0.15, 0.2) is 5.78 Å². The molecule has 0 radical (unpaired) electrons. The van der Waals surface area contributed by atoms with E-state index in [-0.39, 0.29) is 25.4 Å². The third kappa shape index (κ3) is 9.92. The smallest absolute Gasteiger partial charge is 0.313 e. The second-order valence-corrected chi connectivity index (χ2v) is 4.20. The van der Waals surface area contributed by atoms with E-state index in [0.29, 0.717) is 19.7 Å². The van der Waals surface area contributed by atoms with Crippen molar-refractivity contribution >= 4 is 11.8 Å². The van der Waals surface area contributed by atoms with Crippen LogP contribution in [0.2, 0.25) is 0 Å². The van der Waals surface area contributed by atoms with Gasteiger partial charge in [0.2, 0.25) is 0 Å². The lowest BCUT2D eigenvalue weighted by molar-refractivity contribution is -0.146. The van der Waals surface area contributed by atoms with Gasteiger partial charge in [-0.05, 0) is 21.1 Å². The van der Waals surface area contributed by atoms with E-state index >= 15 is 0 Å². The Morgan fingerprint density at radius 3 is 2.35 bits per heavy atom. The van der Waals surface area contributed by atoms with Crippen LogP contribution in [0.25, 0.3) is 0 Å². The van der Waals surface area contributed by atoms with E-state index < -0.39 is 5.97 Å². The van der Waals surface area contributed by atoms with Gasteiger partial charge in [0, 0.05) is 13.1 Å². The molecule has 0 unspecified atom stereocenters. The molecule has 0 fully saturated rings. The third-order valence-electron chi connectivity index (χ3n) is 2.07. The van der Waals surface area contributed by atoms with Crippen molar-refractivity contribution in [3.8, 4) is 0 Å². The molecule has 6 heteroatoms. The summed E-state index contributed by atoms with van der Waals surface area (Å²) >= 11 is 0. The highest BCUT2D eigenvalue weighted by Gasteiger charge is 2.12. The zero-order chi connectivity index (χ0) is 13.3. The van der Waals surface area contributed by atoms with Gasteiger partial charge in [0.1, 0.15) is 13.0 Å². The maximum atomic E-state index is 11.4. The molecule has 17 heavy (non-hydrogen) atoms. The number of nitrogens with zero attached hydrogens (tertiary/aromatic N) is 2. The number of aliphatic hydroxyl groups is 1.